The lowest BCUT2D eigenvalue weighted by Gasteiger charge is -2.14. The number of benzene rings is 1. The molecular formula is C17H22N5O5PS. The number of nitrogen functional groups attached to an aromatic ring is 1. The molecule has 0 saturated carbocycles. The van der Waals surface area contributed by atoms with E-state index in [0.717, 1.165) is 10.6 Å². The van der Waals surface area contributed by atoms with Crippen molar-refractivity contribution in [1.29, 1.82) is 0 Å². The van der Waals surface area contributed by atoms with Crippen LogP contribution in [0.2, 0.25) is 0 Å². The van der Waals surface area contributed by atoms with Crippen molar-refractivity contribution in [2.24, 2.45) is 0 Å². The number of ether oxygens (including phenoxy) is 2. The summed E-state index contributed by atoms with van der Waals surface area (Å²) in [7, 11) is -4.23. The average molecular weight is 439 g/mol. The molecule has 1 aromatic carbocycles. The van der Waals surface area contributed by atoms with E-state index in [-0.39, 0.29) is 5.95 Å². The molecule has 0 bridgehead atoms. The summed E-state index contributed by atoms with van der Waals surface area (Å²) in [5.41, 5.74) is 6.99. The zero-order chi connectivity index (χ0) is 21.0. The lowest BCUT2D eigenvalue weighted by atomic mass is 10.3. The molecule has 0 aliphatic carbocycles. The molecule has 12 heteroatoms. The van der Waals surface area contributed by atoms with Crippen LogP contribution in [0.1, 0.15) is 13.8 Å². The molecule has 0 spiro atoms. The van der Waals surface area contributed by atoms with E-state index in [4.69, 9.17) is 25.0 Å². The van der Waals surface area contributed by atoms with Gasteiger partial charge >= 0.3 is 7.60 Å². The van der Waals surface area contributed by atoms with Crippen molar-refractivity contribution in [3.05, 3.63) is 30.6 Å². The number of imidazole rings is 1. The Hall–Kier alpha value is -2.17. The van der Waals surface area contributed by atoms with E-state index in [0.29, 0.717) is 29.3 Å². The molecule has 0 saturated heterocycles. The standard InChI is InChI=1S/C17H22N5O5PS/c1-3-26-12-4-6-13(7-5-12)29-16-14-15(20-17(18)21-16)22(9-19-14)8-11(2)27-10-28(23,24)25/h4-7,9,11H,3,8,10H2,1-2H3,(H2,18,20,21)(H2,23,24,25). The third-order valence-electron chi connectivity index (χ3n) is 3.78. The second-order valence-electron chi connectivity index (χ2n) is 6.23. The molecule has 0 fully saturated rings. The van der Waals surface area contributed by atoms with Gasteiger partial charge in [-0.2, -0.15) is 4.98 Å². The number of hydrogen-bond donors (Lipinski definition) is 3. The molecule has 2 heterocycles. The summed E-state index contributed by atoms with van der Waals surface area (Å²) in [6.45, 7) is 4.54. The number of fused-ring (bicyclic) bond motifs is 1. The van der Waals surface area contributed by atoms with Gasteiger partial charge in [0, 0.05) is 4.90 Å². The highest BCUT2D eigenvalue weighted by molar-refractivity contribution is 7.99. The topological polar surface area (TPSA) is 146 Å². The molecule has 3 aromatic rings. The van der Waals surface area contributed by atoms with Crippen molar-refractivity contribution in [2.75, 3.05) is 18.7 Å². The first-order valence-electron chi connectivity index (χ1n) is 8.80. The van der Waals surface area contributed by atoms with Crippen LogP contribution in [0.5, 0.6) is 5.75 Å². The fourth-order valence-corrected chi connectivity index (χ4v) is 3.90. The van der Waals surface area contributed by atoms with Crippen LogP contribution in [-0.4, -0.2) is 48.4 Å². The Bertz CT molecular complexity index is 1020. The fraction of sp³-hybridized carbons (Fsp3) is 0.353. The van der Waals surface area contributed by atoms with E-state index in [1.165, 1.54) is 11.8 Å². The summed E-state index contributed by atoms with van der Waals surface area (Å²) in [4.78, 5) is 31.8. The SMILES string of the molecule is CCOc1ccc(Sc2nc(N)nc3c2ncn3CC(C)OCP(=O)(O)O)cc1. The maximum Gasteiger partial charge on any atom is 0.350 e. The van der Waals surface area contributed by atoms with Crippen LogP contribution < -0.4 is 10.5 Å². The van der Waals surface area contributed by atoms with E-state index in [1.807, 2.05) is 31.2 Å². The minimum atomic E-state index is -4.23. The Morgan fingerprint density at radius 3 is 2.66 bits per heavy atom. The minimum absolute atomic E-state index is 0.108. The lowest BCUT2D eigenvalue weighted by molar-refractivity contribution is 0.0764. The second kappa shape index (κ2) is 9.10. The molecule has 3 rings (SSSR count). The largest absolute Gasteiger partial charge is 0.494 e. The molecule has 10 nitrogen and oxygen atoms in total. The van der Waals surface area contributed by atoms with E-state index >= 15 is 0 Å². The molecule has 0 aliphatic heterocycles. The van der Waals surface area contributed by atoms with Gasteiger partial charge in [0.25, 0.3) is 0 Å². The number of aromatic nitrogens is 4. The second-order valence-corrected chi connectivity index (χ2v) is 8.88. The number of nitrogens with zero attached hydrogens (tertiary/aromatic N) is 4. The minimum Gasteiger partial charge on any atom is -0.494 e. The summed E-state index contributed by atoms with van der Waals surface area (Å²) >= 11 is 1.41. The van der Waals surface area contributed by atoms with Gasteiger partial charge in [-0.3, -0.25) is 4.57 Å². The van der Waals surface area contributed by atoms with Gasteiger partial charge in [-0.05, 0) is 38.1 Å². The molecule has 29 heavy (non-hydrogen) atoms. The highest BCUT2D eigenvalue weighted by Gasteiger charge is 2.18. The first-order chi connectivity index (χ1) is 13.7. The van der Waals surface area contributed by atoms with Crippen LogP contribution in [-0.2, 0) is 15.8 Å². The molecule has 1 atom stereocenters. The Morgan fingerprint density at radius 2 is 2.00 bits per heavy atom. The molecule has 0 amide bonds. The van der Waals surface area contributed by atoms with Crippen molar-refractivity contribution >= 4 is 36.5 Å². The molecule has 2 aromatic heterocycles. The van der Waals surface area contributed by atoms with Crippen molar-refractivity contribution in [1.82, 2.24) is 19.5 Å². The molecule has 4 N–H and O–H groups in total. The van der Waals surface area contributed by atoms with E-state index in [1.54, 1.807) is 17.8 Å². The number of anilines is 1. The highest BCUT2D eigenvalue weighted by Crippen LogP contribution is 2.35. The summed E-state index contributed by atoms with van der Waals surface area (Å²) < 4.78 is 23.4. The number of hydrogen-bond acceptors (Lipinski definition) is 8. The van der Waals surface area contributed by atoms with Gasteiger partial charge in [-0.25, -0.2) is 9.97 Å². The predicted molar refractivity (Wildman–Crippen MR) is 109 cm³/mol. The Balaban J connectivity index is 1.80. The highest BCUT2D eigenvalue weighted by atomic mass is 32.2. The monoisotopic (exact) mass is 439 g/mol. The van der Waals surface area contributed by atoms with Gasteiger partial charge in [0.2, 0.25) is 5.95 Å². The molecular weight excluding hydrogens is 417 g/mol. The smallest absolute Gasteiger partial charge is 0.350 e. The first-order valence-corrected chi connectivity index (χ1v) is 11.4. The van der Waals surface area contributed by atoms with Gasteiger partial charge in [-0.1, -0.05) is 11.8 Å². The number of rotatable bonds is 9. The Morgan fingerprint density at radius 1 is 1.28 bits per heavy atom. The van der Waals surface area contributed by atoms with Crippen LogP contribution in [0.25, 0.3) is 11.2 Å². The quantitative estimate of drug-likeness (QED) is 0.336. The molecule has 156 valence electrons. The van der Waals surface area contributed by atoms with Crippen LogP contribution in [0.4, 0.5) is 5.95 Å². The normalized spacial score (nSPS) is 13.0. The Kier molecular flexibility index (Phi) is 6.76. The maximum atomic E-state index is 11.0. The van der Waals surface area contributed by atoms with Gasteiger partial charge in [0.15, 0.2) is 5.65 Å². The van der Waals surface area contributed by atoms with Gasteiger partial charge in [-0.15, -0.1) is 0 Å². The fourth-order valence-electron chi connectivity index (χ4n) is 2.58. The van der Waals surface area contributed by atoms with Crippen molar-refractivity contribution < 1.29 is 23.8 Å². The Labute approximate surface area is 171 Å². The van der Waals surface area contributed by atoms with Crippen molar-refractivity contribution in [2.45, 2.75) is 36.4 Å². The first kappa shape index (κ1) is 21.5. The third-order valence-corrected chi connectivity index (χ3v) is 5.25. The molecule has 0 radical (unpaired) electrons. The zero-order valence-electron chi connectivity index (χ0n) is 15.9. The van der Waals surface area contributed by atoms with Crippen LogP contribution in [0.3, 0.4) is 0 Å². The van der Waals surface area contributed by atoms with E-state index in [9.17, 15) is 4.57 Å². The van der Waals surface area contributed by atoms with Crippen LogP contribution in [0.15, 0.2) is 40.5 Å². The van der Waals surface area contributed by atoms with Crippen LogP contribution in [0, 0.1) is 0 Å². The van der Waals surface area contributed by atoms with Gasteiger partial charge in [0.1, 0.15) is 22.6 Å². The third kappa shape index (κ3) is 5.91. The van der Waals surface area contributed by atoms with Gasteiger partial charge < -0.3 is 29.6 Å². The van der Waals surface area contributed by atoms with Crippen molar-refractivity contribution in [3.63, 3.8) is 0 Å². The van der Waals surface area contributed by atoms with E-state index in [2.05, 4.69) is 15.0 Å². The lowest BCUT2D eigenvalue weighted by Crippen LogP contribution is -2.17. The average Bonchev–Trinajstić information content (AvgIpc) is 3.04. The summed E-state index contributed by atoms with van der Waals surface area (Å²) in [5.74, 6) is 0.897. The predicted octanol–water partition coefficient (Wildman–Crippen LogP) is 2.50. The number of nitrogens with two attached hydrogens (primary N) is 1. The van der Waals surface area contributed by atoms with Gasteiger partial charge in [0.05, 0.1) is 25.6 Å². The van der Waals surface area contributed by atoms with Crippen LogP contribution >= 0.6 is 19.4 Å². The summed E-state index contributed by atoms with van der Waals surface area (Å²) in [6.07, 6.45) is 0.480. The zero-order valence-corrected chi connectivity index (χ0v) is 17.6. The summed E-state index contributed by atoms with van der Waals surface area (Å²) in [5, 5.41) is 0.610. The molecule has 0 aliphatic rings. The molecule has 1 unspecified atom stereocenters. The maximum absolute atomic E-state index is 11.0. The summed E-state index contributed by atoms with van der Waals surface area (Å²) in [6, 6.07) is 7.61. The van der Waals surface area contributed by atoms with Crippen molar-refractivity contribution in [3.8, 4) is 5.75 Å². The van der Waals surface area contributed by atoms with E-state index < -0.39 is 20.0 Å².